The molecule has 5 aliphatic rings. The summed E-state index contributed by atoms with van der Waals surface area (Å²) in [6, 6.07) is -0.195. The average Bonchev–Trinajstić information content (AvgIpc) is 3.43. The van der Waals surface area contributed by atoms with Crippen LogP contribution in [0.2, 0.25) is 0 Å². The Balaban J connectivity index is 1.19. The molecule has 0 saturated heterocycles. The smallest absolute Gasteiger partial charge is 0.226 e. The summed E-state index contributed by atoms with van der Waals surface area (Å²) in [5.41, 5.74) is 2.59. The second kappa shape index (κ2) is 14.3. The molecular formula is C43H74N2O3. The number of unbranched alkanes of at least 4 members (excludes halogenated alkanes) is 4. The molecule has 0 aromatic carbocycles. The summed E-state index contributed by atoms with van der Waals surface area (Å²) in [5, 5.41) is 16.3. The predicted molar refractivity (Wildman–Crippen MR) is 198 cm³/mol. The first-order valence-corrected chi connectivity index (χ1v) is 20.5. The van der Waals surface area contributed by atoms with Gasteiger partial charge >= 0.3 is 0 Å². The molecule has 5 heteroatoms. The van der Waals surface area contributed by atoms with Gasteiger partial charge in [0.05, 0.1) is 17.6 Å². The molecule has 5 saturated carbocycles. The van der Waals surface area contributed by atoms with E-state index in [9.17, 15) is 14.7 Å². The van der Waals surface area contributed by atoms with Crippen molar-refractivity contribution in [2.24, 2.45) is 56.7 Å². The maximum absolute atomic E-state index is 14.4. The molecule has 2 amide bonds. The lowest BCUT2D eigenvalue weighted by atomic mass is 9.32. The first-order chi connectivity index (χ1) is 22.6. The molecule has 5 rings (SSSR count). The SMILES string of the molecule is C=C(C)C1CCC2(C(=O)NCCCCCCCC(=O)NC(C)[C@@H](O)CC)CC[C@]3(C)C(CCC4C5(C)CCCC(C)(C)C5CCC43C)C12. The van der Waals surface area contributed by atoms with Crippen LogP contribution in [0.4, 0.5) is 0 Å². The molecule has 0 aliphatic heterocycles. The monoisotopic (exact) mass is 667 g/mol. The van der Waals surface area contributed by atoms with Crippen molar-refractivity contribution in [2.45, 2.75) is 183 Å². The Morgan fingerprint density at radius 3 is 2.25 bits per heavy atom. The summed E-state index contributed by atoms with van der Waals surface area (Å²) in [5.74, 6) is 3.50. The van der Waals surface area contributed by atoms with Crippen molar-refractivity contribution in [2.75, 3.05) is 6.54 Å². The fourth-order valence-electron chi connectivity index (χ4n) is 13.7. The number of aliphatic hydroxyl groups is 1. The van der Waals surface area contributed by atoms with E-state index in [-0.39, 0.29) is 22.8 Å². The minimum Gasteiger partial charge on any atom is -0.391 e. The Labute approximate surface area is 295 Å². The molecule has 9 unspecified atom stereocenters. The number of rotatable bonds is 13. The number of nitrogens with one attached hydrogen (secondary N) is 2. The number of amides is 2. The molecule has 0 radical (unpaired) electrons. The van der Waals surface area contributed by atoms with E-state index >= 15 is 0 Å². The van der Waals surface area contributed by atoms with Gasteiger partial charge < -0.3 is 15.7 Å². The van der Waals surface area contributed by atoms with Crippen LogP contribution in [0.3, 0.4) is 0 Å². The number of fused-ring (bicyclic) bond motifs is 7. The van der Waals surface area contributed by atoms with E-state index in [4.69, 9.17) is 0 Å². The summed E-state index contributed by atoms with van der Waals surface area (Å²) in [6.07, 6.45) is 19.7. The van der Waals surface area contributed by atoms with Crippen LogP contribution in [-0.4, -0.2) is 35.6 Å². The Morgan fingerprint density at radius 2 is 1.54 bits per heavy atom. The number of hydrogen-bond donors (Lipinski definition) is 3. The Morgan fingerprint density at radius 1 is 0.833 bits per heavy atom. The lowest BCUT2D eigenvalue weighted by molar-refractivity contribution is -0.235. The van der Waals surface area contributed by atoms with Crippen molar-refractivity contribution in [1.29, 1.82) is 0 Å². The molecule has 274 valence electrons. The van der Waals surface area contributed by atoms with Crippen LogP contribution in [0.5, 0.6) is 0 Å². The third-order valence-corrected chi connectivity index (χ3v) is 16.5. The minimum atomic E-state index is -0.482. The normalized spacial score (nSPS) is 41.1. The van der Waals surface area contributed by atoms with E-state index < -0.39 is 6.10 Å². The maximum Gasteiger partial charge on any atom is 0.226 e. The van der Waals surface area contributed by atoms with Crippen LogP contribution < -0.4 is 10.6 Å². The van der Waals surface area contributed by atoms with Crippen molar-refractivity contribution >= 4 is 11.8 Å². The molecule has 3 N–H and O–H groups in total. The van der Waals surface area contributed by atoms with E-state index in [0.29, 0.717) is 52.7 Å². The standard InChI is InChI=1S/C43H74N2O3/c1-10-33(46)30(4)45-36(47)17-14-12-11-13-15-28-44-38(48)43-25-20-31(29(2)3)37(43)32-18-19-35-40(7)23-16-22-39(5,6)34(40)21-24-42(35,9)41(32,8)26-27-43/h30-35,37,46H,2,10-28H2,1,3-9H3,(H,44,48)(H,45,47)/t30?,31?,32?,33-,34?,35?,37?,40?,41+,42?,43?/m0/s1. The zero-order valence-electron chi connectivity index (χ0n) is 32.4. The second-order valence-electron chi connectivity index (χ2n) is 19.3. The Bertz CT molecular complexity index is 1180. The maximum atomic E-state index is 14.4. The van der Waals surface area contributed by atoms with Gasteiger partial charge in [0.15, 0.2) is 0 Å². The minimum absolute atomic E-state index is 0.0339. The number of allylic oxidation sites excluding steroid dienone is 1. The molecular weight excluding hydrogens is 592 g/mol. The third kappa shape index (κ3) is 6.47. The van der Waals surface area contributed by atoms with Gasteiger partial charge in [-0.1, -0.05) is 79.4 Å². The summed E-state index contributed by atoms with van der Waals surface area (Å²) in [4.78, 5) is 26.6. The number of carbonyl (C=O) groups excluding carboxylic acids is 2. The highest BCUT2D eigenvalue weighted by Crippen LogP contribution is 2.77. The first-order valence-electron chi connectivity index (χ1n) is 20.5. The average molecular weight is 667 g/mol. The van der Waals surface area contributed by atoms with Gasteiger partial charge in [-0.15, -0.1) is 0 Å². The molecule has 11 atom stereocenters. The summed E-state index contributed by atoms with van der Waals surface area (Å²) < 4.78 is 0. The van der Waals surface area contributed by atoms with Crippen LogP contribution >= 0.6 is 0 Å². The lowest BCUT2D eigenvalue weighted by Gasteiger charge is -2.72. The van der Waals surface area contributed by atoms with Gasteiger partial charge in [0.2, 0.25) is 11.8 Å². The van der Waals surface area contributed by atoms with Gasteiger partial charge in [-0.05, 0) is 149 Å². The molecule has 0 heterocycles. The molecule has 5 aliphatic carbocycles. The van der Waals surface area contributed by atoms with Gasteiger partial charge in [0, 0.05) is 13.0 Å². The van der Waals surface area contributed by atoms with Crippen LogP contribution in [-0.2, 0) is 9.59 Å². The van der Waals surface area contributed by atoms with Crippen LogP contribution in [0, 0.1) is 56.7 Å². The molecule has 48 heavy (non-hydrogen) atoms. The topological polar surface area (TPSA) is 78.4 Å². The predicted octanol–water partition coefficient (Wildman–Crippen LogP) is 9.77. The summed E-state index contributed by atoms with van der Waals surface area (Å²) in [7, 11) is 0. The van der Waals surface area contributed by atoms with Gasteiger partial charge in [0.1, 0.15) is 0 Å². The molecule has 0 bridgehead atoms. The zero-order valence-corrected chi connectivity index (χ0v) is 32.4. The van der Waals surface area contributed by atoms with Crippen molar-refractivity contribution in [3.63, 3.8) is 0 Å². The largest absolute Gasteiger partial charge is 0.391 e. The highest BCUT2D eigenvalue weighted by molar-refractivity contribution is 5.84. The molecule has 5 fully saturated rings. The van der Waals surface area contributed by atoms with Crippen molar-refractivity contribution in [3.05, 3.63) is 12.2 Å². The van der Waals surface area contributed by atoms with E-state index in [2.05, 4.69) is 58.8 Å². The van der Waals surface area contributed by atoms with Crippen LogP contribution in [0.25, 0.3) is 0 Å². The van der Waals surface area contributed by atoms with Crippen LogP contribution in [0.15, 0.2) is 12.2 Å². The molecule has 0 aromatic rings. The Kier molecular flexibility index (Phi) is 11.3. The van der Waals surface area contributed by atoms with Gasteiger partial charge in [-0.3, -0.25) is 9.59 Å². The summed E-state index contributed by atoms with van der Waals surface area (Å²) in [6.45, 7) is 24.6. The van der Waals surface area contributed by atoms with Gasteiger partial charge in [-0.25, -0.2) is 0 Å². The quantitative estimate of drug-likeness (QED) is 0.135. The van der Waals surface area contributed by atoms with Crippen molar-refractivity contribution in [1.82, 2.24) is 10.6 Å². The highest BCUT2D eigenvalue weighted by atomic mass is 16.3. The summed E-state index contributed by atoms with van der Waals surface area (Å²) >= 11 is 0. The second-order valence-corrected chi connectivity index (χ2v) is 19.3. The molecule has 5 nitrogen and oxygen atoms in total. The number of carbonyl (C=O) groups is 2. The van der Waals surface area contributed by atoms with E-state index in [0.717, 1.165) is 69.7 Å². The third-order valence-electron chi connectivity index (χ3n) is 16.5. The fraction of sp³-hybridized carbons (Fsp3) is 0.907. The number of aliphatic hydroxyl groups excluding tert-OH is 1. The molecule has 0 spiro atoms. The lowest BCUT2D eigenvalue weighted by Crippen LogP contribution is -2.66. The van der Waals surface area contributed by atoms with E-state index in [1.807, 2.05) is 13.8 Å². The number of hydrogen-bond acceptors (Lipinski definition) is 3. The zero-order chi connectivity index (χ0) is 35.1. The van der Waals surface area contributed by atoms with Gasteiger partial charge in [0.25, 0.3) is 0 Å². The first kappa shape index (κ1) is 37.9. The van der Waals surface area contributed by atoms with Crippen LogP contribution in [0.1, 0.15) is 171 Å². The van der Waals surface area contributed by atoms with Gasteiger partial charge in [-0.2, -0.15) is 0 Å². The molecule has 0 aromatic heterocycles. The van der Waals surface area contributed by atoms with Crippen molar-refractivity contribution < 1.29 is 14.7 Å². The Hall–Kier alpha value is -1.36. The highest BCUT2D eigenvalue weighted by Gasteiger charge is 2.71. The fourth-order valence-corrected chi connectivity index (χ4v) is 13.7. The van der Waals surface area contributed by atoms with E-state index in [1.165, 1.54) is 56.9 Å². The van der Waals surface area contributed by atoms with E-state index in [1.54, 1.807) is 0 Å². The van der Waals surface area contributed by atoms with Crippen molar-refractivity contribution in [3.8, 4) is 0 Å².